The fourth-order valence-electron chi connectivity index (χ4n) is 4.09. The fourth-order valence-corrected chi connectivity index (χ4v) is 4.09. The number of fused-ring (bicyclic) bond motifs is 1. The average Bonchev–Trinajstić information content (AvgIpc) is 3.27. The smallest absolute Gasteiger partial charge is 0.251 e. The first-order chi connectivity index (χ1) is 14.2. The lowest BCUT2D eigenvalue weighted by molar-refractivity contribution is -0.107. The van der Waals surface area contributed by atoms with Crippen molar-refractivity contribution in [1.29, 1.82) is 0 Å². The molecule has 152 valence electrons. The van der Waals surface area contributed by atoms with E-state index in [9.17, 15) is 9.59 Å². The van der Waals surface area contributed by atoms with Crippen LogP contribution in [0.5, 0.6) is 5.75 Å². The van der Waals surface area contributed by atoms with Crippen LogP contribution in [0.4, 0.5) is 0 Å². The van der Waals surface area contributed by atoms with Crippen molar-refractivity contribution in [3.05, 3.63) is 64.7 Å². The topological polar surface area (TPSA) is 64.6 Å². The first-order valence-corrected chi connectivity index (χ1v) is 10.4. The molecule has 0 saturated carbocycles. The van der Waals surface area contributed by atoms with E-state index in [-0.39, 0.29) is 18.1 Å². The third-order valence-corrected chi connectivity index (χ3v) is 5.73. The largest absolute Gasteiger partial charge is 0.491 e. The van der Waals surface area contributed by atoms with Crippen LogP contribution in [-0.2, 0) is 28.8 Å². The molecule has 0 spiro atoms. The van der Waals surface area contributed by atoms with E-state index in [0.29, 0.717) is 18.6 Å². The number of aldehydes is 1. The highest BCUT2D eigenvalue weighted by Gasteiger charge is 2.21. The summed E-state index contributed by atoms with van der Waals surface area (Å²) in [5, 5.41) is 3.16. The minimum atomic E-state index is -0.0540. The number of benzene rings is 2. The van der Waals surface area contributed by atoms with Gasteiger partial charge in [0.1, 0.15) is 18.6 Å². The molecule has 2 aromatic carbocycles. The molecule has 0 aromatic heterocycles. The van der Waals surface area contributed by atoms with E-state index in [0.717, 1.165) is 56.3 Å². The van der Waals surface area contributed by atoms with Crippen molar-refractivity contribution in [1.82, 2.24) is 5.32 Å². The molecule has 1 fully saturated rings. The number of nitrogens with one attached hydrogen (secondary N) is 1. The first-order valence-electron chi connectivity index (χ1n) is 10.4. The lowest BCUT2D eigenvalue weighted by Gasteiger charge is -2.26. The Bertz CT molecular complexity index is 856. The molecule has 1 saturated heterocycles. The van der Waals surface area contributed by atoms with Crippen LogP contribution in [-0.4, -0.2) is 37.6 Å². The van der Waals surface area contributed by atoms with Crippen molar-refractivity contribution >= 4 is 12.2 Å². The maximum atomic E-state index is 12.6. The van der Waals surface area contributed by atoms with Crippen LogP contribution in [0, 0.1) is 0 Å². The zero-order chi connectivity index (χ0) is 20.1. The zero-order valence-electron chi connectivity index (χ0n) is 16.6. The molecule has 5 heteroatoms. The van der Waals surface area contributed by atoms with Crippen molar-refractivity contribution in [3.8, 4) is 5.75 Å². The molecule has 0 bridgehead atoms. The van der Waals surface area contributed by atoms with Crippen LogP contribution in [0.15, 0.2) is 42.5 Å². The summed E-state index contributed by atoms with van der Waals surface area (Å²) in [7, 11) is 0. The van der Waals surface area contributed by atoms with Gasteiger partial charge >= 0.3 is 0 Å². The summed E-state index contributed by atoms with van der Waals surface area (Å²) in [6.45, 7) is 1.38. The van der Waals surface area contributed by atoms with Gasteiger partial charge in [0.15, 0.2) is 0 Å². The van der Waals surface area contributed by atoms with Gasteiger partial charge in [-0.15, -0.1) is 0 Å². The number of ether oxygens (including phenoxy) is 2. The van der Waals surface area contributed by atoms with Crippen molar-refractivity contribution in [2.45, 2.75) is 50.7 Å². The maximum Gasteiger partial charge on any atom is 0.251 e. The van der Waals surface area contributed by atoms with Crippen LogP contribution in [0.25, 0.3) is 0 Å². The van der Waals surface area contributed by atoms with Crippen molar-refractivity contribution in [2.75, 3.05) is 13.2 Å². The highest BCUT2D eigenvalue weighted by atomic mass is 16.5. The summed E-state index contributed by atoms with van der Waals surface area (Å²) in [6, 6.07) is 13.6. The van der Waals surface area contributed by atoms with Gasteiger partial charge in [-0.2, -0.15) is 0 Å². The van der Waals surface area contributed by atoms with Gasteiger partial charge in [-0.25, -0.2) is 0 Å². The van der Waals surface area contributed by atoms with E-state index in [1.54, 1.807) is 0 Å². The lowest BCUT2D eigenvalue weighted by Crippen LogP contribution is -2.38. The fraction of sp³-hybridized carbons (Fsp3) is 0.417. The Morgan fingerprint density at radius 3 is 2.76 bits per heavy atom. The average molecular weight is 393 g/mol. The monoisotopic (exact) mass is 393 g/mol. The van der Waals surface area contributed by atoms with E-state index < -0.39 is 0 Å². The molecule has 5 nitrogen and oxygen atoms in total. The Morgan fingerprint density at radius 2 is 2.00 bits per heavy atom. The number of rotatable bonds is 7. The van der Waals surface area contributed by atoms with Crippen molar-refractivity contribution in [2.24, 2.45) is 0 Å². The molecular weight excluding hydrogens is 366 g/mol. The molecule has 1 aliphatic heterocycles. The van der Waals surface area contributed by atoms with Gasteiger partial charge in [0, 0.05) is 24.6 Å². The maximum absolute atomic E-state index is 12.6. The summed E-state index contributed by atoms with van der Waals surface area (Å²) < 4.78 is 11.3. The first kappa shape index (κ1) is 19.6. The molecule has 2 aliphatic rings. The second-order valence-corrected chi connectivity index (χ2v) is 7.86. The van der Waals surface area contributed by atoms with Gasteiger partial charge < -0.3 is 19.6 Å². The predicted molar refractivity (Wildman–Crippen MR) is 110 cm³/mol. The van der Waals surface area contributed by atoms with Gasteiger partial charge in [-0.3, -0.25) is 4.79 Å². The predicted octanol–water partition coefficient (Wildman–Crippen LogP) is 3.27. The highest BCUT2D eigenvalue weighted by molar-refractivity contribution is 5.94. The van der Waals surface area contributed by atoms with Crippen LogP contribution >= 0.6 is 0 Å². The Morgan fingerprint density at radius 1 is 1.14 bits per heavy atom. The van der Waals surface area contributed by atoms with E-state index >= 15 is 0 Å². The van der Waals surface area contributed by atoms with Crippen LogP contribution in [0.1, 0.15) is 46.3 Å². The summed E-state index contributed by atoms with van der Waals surface area (Å²) in [4.78, 5) is 23.3. The van der Waals surface area contributed by atoms with Crippen LogP contribution in [0.2, 0.25) is 0 Å². The quantitative estimate of drug-likeness (QED) is 0.734. The third-order valence-electron chi connectivity index (χ3n) is 5.73. The molecule has 1 aliphatic carbocycles. The van der Waals surface area contributed by atoms with E-state index in [4.69, 9.17) is 9.47 Å². The highest BCUT2D eigenvalue weighted by Crippen LogP contribution is 2.23. The molecule has 1 N–H and O–H groups in total. The standard InChI is InChI=1S/C24H27NO4/c26-12-11-17-3-4-20-15-21(8-5-19(20)14-17)25-24(27)18-6-9-22(10-7-18)29-16-23-2-1-13-28-23/h3-4,6-7,9-10,12,14,21,23H,1-2,5,8,11,13,15-16H2,(H,25,27). The second-order valence-electron chi connectivity index (χ2n) is 7.86. The van der Waals surface area contributed by atoms with E-state index in [1.807, 2.05) is 30.3 Å². The molecule has 2 atom stereocenters. The molecule has 1 amide bonds. The third kappa shape index (κ3) is 5.04. The number of carbonyl (C=O) groups excluding carboxylic acids is 2. The Kier molecular flexibility index (Phi) is 6.25. The van der Waals surface area contributed by atoms with E-state index in [1.165, 1.54) is 11.1 Å². The van der Waals surface area contributed by atoms with Crippen molar-refractivity contribution < 1.29 is 19.1 Å². The number of aryl methyl sites for hydroxylation is 1. The summed E-state index contributed by atoms with van der Waals surface area (Å²) in [6.07, 6.45) is 6.37. The summed E-state index contributed by atoms with van der Waals surface area (Å²) >= 11 is 0. The summed E-state index contributed by atoms with van der Waals surface area (Å²) in [5.41, 5.74) is 4.25. The number of amides is 1. The molecular formula is C24H27NO4. The van der Waals surface area contributed by atoms with Crippen LogP contribution in [0.3, 0.4) is 0 Å². The molecule has 2 unspecified atom stereocenters. The van der Waals surface area contributed by atoms with Gasteiger partial charge in [0.2, 0.25) is 0 Å². The number of hydrogen-bond donors (Lipinski definition) is 1. The minimum absolute atomic E-state index is 0.0540. The number of hydrogen-bond acceptors (Lipinski definition) is 4. The SMILES string of the molecule is O=CCc1ccc2c(c1)CCC(NC(=O)c1ccc(OCC3CCCO3)cc1)C2. The normalized spacial score (nSPS) is 20.7. The Labute approximate surface area is 171 Å². The molecule has 29 heavy (non-hydrogen) atoms. The Hall–Kier alpha value is -2.66. The van der Waals surface area contributed by atoms with Crippen molar-refractivity contribution in [3.63, 3.8) is 0 Å². The molecule has 1 heterocycles. The molecule has 0 radical (unpaired) electrons. The molecule has 4 rings (SSSR count). The Balaban J connectivity index is 1.30. The van der Waals surface area contributed by atoms with Crippen LogP contribution < -0.4 is 10.1 Å². The second kappa shape index (κ2) is 9.23. The van der Waals surface area contributed by atoms with Gasteiger partial charge in [0.25, 0.3) is 5.91 Å². The summed E-state index contributed by atoms with van der Waals surface area (Å²) in [5.74, 6) is 0.705. The minimum Gasteiger partial charge on any atom is -0.491 e. The lowest BCUT2D eigenvalue weighted by atomic mass is 9.87. The molecule has 2 aromatic rings. The van der Waals surface area contributed by atoms with E-state index in [2.05, 4.69) is 17.4 Å². The van der Waals surface area contributed by atoms with Gasteiger partial charge in [-0.05, 0) is 73.1 Å². The van der Waals surface area contributed by atoms with Gasteiger partial charge in [-0.1, -0.05) is 18.2 Å². The zero-order valence-corrected chi connectivity index (χ0v) is 16.6. The number of carbonyl (C=O) groups is 2. The van der Waals surface area contributed by atoms with Gasteiger partial charge in [0.05, 0.1) is 6.10 Å².